The van der Waals surface area contributed by atoms with Gasteiger partial charge in [0, 0.05) is 5.88 Å². The molecule has 0 radical (unpaired) electrons. The van der Waals surface area contributed by atoms with Crippen LogP contribution < -0.4 is 4.74 Å². The van der Waals surface area contributed by atoms with Gasteiger partial charge in [0.15, 0.2) is 6.79 Å². The molecular formula is C10H10ClF3O2. The van der Waals surface area contributed by atoms with Crippen molar-refractivity contribution in [2.75, 3.05) is 13.4 Å². The average molecular weight is 255 g/mol. The standard InChI is InChI=1S/C10H10ClF3O2/c11-5-8-1-3-9(4-2-8)16-7-15-6-10(12,13)14/h1-4H,5-7H2. The minimum absolute atomic E-state index is 0.380. The van der Waals surface area contributed by atoms with Crippen molar-refractivity contribution < 1.29 is 22.6 Å². The van der Waals surface area contributed by atoms with Gasteiger partial charge in [0.05, 0.1) is 0 Å². The fraction of sp³-hybridized carbons (Fsp3) is 0.400. The molecule has 1 aromatic carbocycles. The molecule has 16 heavy (non-hydrogen) atoms. The van der Waals surface area contributed by atoms with Crippen LogP contribution in [0.2, 0.25) is 0 Å². The SMILES string of the molecule is FC(F)(F)COCOc1ccc(CCl)cc1. The fourth-order valence-corrected chi connectivity index (χ4v) is 1.12. The lowest BCUT2D eigenvalue weighted by Gasteiger charge is -2.09. The zero-order chi connectivity index (χ0) is 12.0. The topological polar surface area (TPSA) is 18.5 Å². The molecule has 1 aromatic rings. The zero-order valence-corrected chi connectivity index (χ0v) is 9.02. The van der Waals surface area contributed by atoms with E-state index in [4.69, 9.17) is 16.3 Å². The Kier molecular flexibility index (Phi) is 4.89. The summed E-state index contributed by atoms with van der Waals surface area (Å²) >= 11 is 5.57. The van der Waals surface area contributed by atoms with E-state index < -0.39 is 19.6 Å². The molecule has 0 N–H and O–H groups in total. The summed E-state index contributed by atoms with van der Waals surface area (Å²) in [5.74, 6) is 0.821. The number of hydrogen-bond donors (Lipinski definition) is 0. The third kappa shape index (κ3) is 5.23. The molecule has 0 amide bonds. The van der Waals surface area contributed by atoms with Gasteiger partial charge in [-0.25, -0.2) is 0 Å². The molecule has 0 bridgehead atoms. The first kappa shape index (κ1) is 13.1. The number of halogens is 4. The van der Waals surface area contributed by atoms with E-state index in [9.17, 15) is 13.2 Å². The second kappa shape index (κ2) is 5.96. The number of alkyl halides is 4. The van der Waals surface area contributed by atoms with Crippen molar-refractivity contribution in [1.29, 1.82) is 0 Å². The Morgan fingerprint density at radius 1 is 1.12 bits per heavy atom. The van der Waals surface area contributed by atoms with Crippen molar-refractivity contribution in [2.24, 2.45) is 0 Å². The maximum absolute atomic E-state index is 11.7. The molecule has 0 saturated heterocycles. The van der Waals surface area contributed by atoms with Crippen LogP contribution in [0.3, 0.4) is 0 Å². The smallest absolute Gasteiger partial charge is 0.411 e. The van der Waals surface area contributed by atoms with E-state index in [1.807, 2.05) is 0 Å². The second-order valence-corrected chi connectivity index (χ2v) is 3.27. The van der Waals surface area contributed by atoms with Gasteiger partial charge in [-0.2, -0.15) is 13.2 Å². The van der Waals surface area contributed by atoms with Crippen molar-refractivity contribution in [3.8, 4) is 5.75 Å². The van der Waals surface area contributed by atoms with Crippen molar-refractivity contribution in [2.45, 2.75) is 12.1 Å². The van der Waals surface area contributed by atoms with Crippen LogP contribution in [0.4, 0.5) is 13.2 Å². The molecule has 2 nitrogen and oxygen atoms in total. The van der Waals surface area contributed by atoms with Gasteiger partial charge in [-0.1, -0.05) is 12.1 Å². The highest BCUT2D eigenvalue weighted by atomic mass is 35.5. The first-order valence-electron chi connectivity index (χ1n) is 4.43. The van der Waals surface area contributed by atoms with Gasteiger partial charge in [0.2, 0.25) is 0 Å². The summed E-state index contributed by atoms with van der Waals surface area (Å²) in [5, 5.41) is 0. The first-order valence-corrected chi connectivity index (χ1v) is 4.97. The highest BCUT2D eigenvalue weighted by Crippen LogP contribution is 2.16. The van der Waals surface area contributed by atoms with Crippen molar-refractivity contribution in [1.82, 2.24) is 0 Å². The van der Waals surface area contributed by atoms with E-state index in [0.29, 0.717) is 11.6 Å². The van der Waals surface area contributed by atoms with E-state index in [2.05, 4.69) is 4.74 Å². The molecule has 6 heteroatoms. The molecule has 0 aromatic heterocycles. The molecule has 90 valence electrons. The predicted molar refractivity (Wildman–Crippen MR) is 53.5 cm³/mol. The van der Waals surface area contributed by atoms with Crippen LogP contribution in [0.5, 0.6) is 5.75 Å². The lowest BCUT2D eigenvalue weighted by atomic mass is 10.2. The van der Waals surface area contributed by atoms with Crippen LogP contribution in [0.1, 0.15) is 5.56 Å². The molecular weight excluding hydrogens is 245 g/mol. The van der Waals surface area contributed by atoms with Gasteiger partial charge < -0.3 is 9.47 Å². The first-order chi connectivity index (χ1) is 7.51. The lowest BCUT2D eigenvalue weighted by Crippen LogP contribution is -2.19. The average Bonchev–Trinajstić information content (AvgIpc) is 2.24. The molecule has 0 unspecified atom stereocenters. The van der Waals surface area contributed by atoms with Crippen LogP contribution in [0.25, 0.3) is 0 Å². The number of ether oxygens (including phenoxy) is 2. The summed E-state index contributed by atoms with van der Waals surface area (Å²) in [7, 11) is 0. The van der Waals surface area contributed by atoms with Crippen LogP contribution in [0.15, 0.2) is 24.3 Å². The van der Waals surface area contributed by atoms with Crippen LogP contribution >= 0.6 is 11.6 Å². The zero-order valence-electron chi connectivity index (χ0n) is 8.26. The lowest BCUT2D eigenvalue weighted by molar-refractivity contribution is -0.186. The summed E-state index contributed by atoms with van der Waals surface area (Å²) in [6.07, 6.45) is -4.33. The van der Waals surface area contributed by atoms with E-state index in [1.165, 1.54) is 0 Å². The van der Waals surface area contributed by atoms with Crippen molar-refractivity contribution >= 4 is 11.6 Å². The van der Waals surface area contributed by atoms with Crippen LogP contribution in [-0.4, -0.2) is 19.6 Å². The van der Waals surface area contributed by atoms with Crippen molar-refractivity contribution in [3.63, 3.8) is 0 Å². The Labute approximate surface area is 95.9 Å². The Bertz CT molecular complexity index is 311. The predicted octanol–water partition coefficient (Wildman–Crippen LogP) is 3.34. The fourth-order valence-electron chi connectivity index (χ4n) is 0.942. The Balaban J connectivity index is 2.27. The van der Waals surface area contributed by atoms with Gasteiger partial charge >= 0.3 is 6.18 Å². The molecule has 0 aliphatic carbocycles. The highest BCUT2D eigenvalue weighted by Gasteiger charge is 2.27. The number of benzene rings is 1. The summed E-state index contributed by atoms with van der Waals surface area (Å²) in [6.45, 7) is -1.74. The summed E-state index contributed by atoms with van der Waals surface area (Å²) in [5.41, 5.74) is 0.908. The molecule has 0 aliphatic heterocycles. The molecule has 1 rings (SSSR count). The minimum atomic E-state index is -4.33. The van der Waals surface area contributed by atoms with Crippen LogP contribution in [-0.2, 0) is 10.6 Å². The summed E-state index contributed by atoms with van der Waals surface area (Å²) in [6, 6.07) is 6.70. The quantitative estimate of drug-likeness (QED) is 0.456. The third-order valence-electron chi connectivity index (χ3n) is 1.65. The van der Waals surface area contributed by atoms with Gasteiger partial charge in [-0.15, -0.1) is 11.6 Å². The highest BCUT2D eigenvalue weighted by molar-refractivity contribution is 6.17. The maximum Gasteiger partial charge on any atom is 0.411 e. The van der Waals surface area contributed by atoms with E-state index in [1.54, 1.807) is 24.3 Å². The van der Waals surface area contributed by atoms with Gasteiger partial charge in [-0.3, -0.25) is 0 Å². The van der Waals surface area contributed by atoms with Crippen molar-refractivity contribution in [3.05, 3.63) is 29.8 Å². The summed E-state index contributed by atoms with van der Waals surface area (Å²) in [4.78, 5) is 0. The Morgan fingerprint density at radius 2 is 1.75 bits per heavy atom. The molecule has 0 aliphatic rings. The second-order valence-electron chi connectivity index (χ2n) is 3.00. The molecule has 0 spiro atoms. The van der Waals surface area contributed by atoms with Gasteiger partial charge in [0.25, 0.3) is 0 Å². The Morgan fingerprint density at radius 3 is 2.25 bits per heavy atom. The molecule has 0 saturated carbocycles. The number of rotatable bonds is 5. The van der Waals surface area contributed by atoms with E-state index >= 15 is 0 Å². The third-order valence-corrected chi connectivity index (χ3v) is 1.96. The molecule has 0 atom stereocenters. The maximum atomic E-state index is 11.7. The van der Waals surface area contributed by atoms with E-state index in [-0.39, 0.29) is 0 Å². The number of hydrogen-bond acceptors (Lipinski definition) is 2. The minimum Gasteiger partial charge on any atom is -0.468 e. The molecule has 0 heterocycles. The van der Waals surface area contributed by atoms with Gasteiger partial charge in [0.1, 0.15) is 12.4 Å². The van der Waals surface area contributed by atoms with Gasteiger partial charge in [-0.05, 0) is 17.7 Å². The Hall–Kier alpha value is -0.940. The van der Waals surface area contributed by atoms with E-state index in [0.717, 1.165) is 5.56 Å². The normalized spacial score (nSPS) is 11.5. The largest absolute Gasteiger partial charge is 0.468 e. The monoisotopic (exact) mass is 254 g/mol. The van der Waals surface area contributed by atoms with Crippen LogP contribution in [0, 0.1) is 0 Å². The molecule has 0 fully saturated rings. The summed E-state index contributed by atoms with van der Waals surface area (Å²) < 4.78 is 44.3.